The van der Waals surface area contributed by atoms with E-state index in [1.54, 1.807) is 0 Å². The molecule has 0 aromatic carbocycles. The van der Waals surface area contributed by atoms with Crippen molar-refractivity contribution in [3.05, 3.63) is 11.8 Å². The number of aromatic nitrogens is 2. The molecule has 0 amide bonds. The van der Waals surface area contributed by atoms with Crippen molar-refractivity contribution in [3.63, 3.8) is 0 Å². The number of rotatable bonds is 6. The topological polar surface area (TPSA) is 49.8 Å². The van der Waals surface area contributed by atoms with E-state index in [9.17, 15) is 13.2 Å². The van der Waals surface area contributed by atoms with Crippen molar-refractivity contribution in [3.8, 4) is 0 Å². The predicted octanol–water partition coefficient (Wildman–Crippen LogP) is 3.78. The highest BCUT2D eigenvalue weighted by Gasteiger charge is 2.45. The second-order valence-electron chi connectivity index (χ2n) is 6.16. The number of anilines is 2. The molecule has 1 fully saturated rings. The summed E-state index contributed by atoms with van der Waals surface area (Å²) in [4.78, 5) is 7.62. The lowest BCUT2D eigenvalue weighted by Crippen LogP contribution is -2.15. The molecule has 1 aliphatic rings. The molecule has 1 aromatic heterocycles. The van der Waals surface area contributed by atoms with E-state index in [1.807, 2.05) is 6.92 Å². The van der Waals surface area contributed by atoms with E-state index < -0.39 is 11.9 Å². The van der Waals surface area contributed by atoms with E-state index in [0.29, 0.717) is 19.0 Å². The van der Waals surface area contributed by atoms with Crippen molar-refractivity contribution in [2.75, 3.05) is 23.7 Å². The number of hydrogen-bond acceptors (Lipinski definition) is 4. The lowest BCUT2D eigenvalue weighted by molar-refractivity contribution is -0.141. The van der Waals surface area contributed by atoms with Crippen molar-refractivity contribution in [2.45, 2.75) is 39.8 Å². The Morgan fingerprint density at radius 3 is 2.48 bits per heavy atom. The van der Waals surface area contributed by atoms with E-state index >= 15 is 0 Å². The molecule has 2 N–H and O–H groups in total. The number of nitrogens with one attached hydrogen (secondary N) is 2. The van der Waals surface area contributed by atoms with Crippen molar-refractivity contribution in [2.24, 2.45) is 11.3 Å². The number of nitrogens with zero attached hydrogens (tertiary/aromatic N) is 2. The zero-order valence-corrected chi connectivity index (χ0v) is 12.5. The molecule has 118 valence electrons. The number of hydrogen-bond donors (Lipinski definition) is 2. The van der Waals surface area contributed by atoms with Gasteiger partial charge in [0.05, 0.1) is 0 Å². The Labute approximate surface area is 122 Å². The molecule has 0 spiro atoms. The zero-order chi connectivity index (χ0) is 15.7. The normalized spacial score (nSPS) is 20.2. The number of alkyl halides is 3. The maximum Gasteiger partial charge on any atom is 0.433 e. The van der Waals surface area contributed by atoms with Gasteiger partial charge in [0.25, 0.3) is 0 Å². The van der Waals surface area contributed by atoms with Crippen LogP contribution >= 0.6 is 0 Å². The summed E-state index contributed by atoms with van der Waals surface area (Å²) in [5, 5.41) is 5.80. The second kappa shape index (κ2) is 5.69. The van der Waals surface area contributed by atoms with Crippen LogP contribution in [0.1, 0.15) is 39.3 Å². The summed E-state index contributed by atoms with van der Waals surface area (Å²) in [7, 11) is 0. The molecule has 1 aliphatic carbocycles. The molecule has 0 aliphatic heterocycles. The lowest BCUT2D eigenvalue weighted by Gasteiger charge is -2.13. The molecule has 4 nitrogen and oxygen atoms in total. The summed E-state index contributed by atoms with van der Waals surface area (Å²) in [5.74, 6) is 0.719. The third kappa shape index (κ3) is 4.22. The van der Waals surface area contributed by atoms with Crippen LogP contribution < -0.4 is 10.6 Å². The van der Waals surface area contributed by atoms with Crippen LogP contribution in [-0.4, -0.2) is 23.1 Å². The van der Waals surface area contributed by atoms with E-state index in [1.165, 1.54) is 0 Å². The van der Waals surface area contributed by atoms with E-state index in [0.717, 1.165) is 18.9 Å². The van der Waals surface area contributed by atoms with E-state index in [-0.39, 0.29) is 17.2 Å². The Hall–Kier alpha value is -1.53. The van der Waals surface area contributed by atoms with Gasteiger partial charge in [-0.3, -0.25) is 0 Å². The fourth-order valence-corrected chi connectivity index (χ4v) is 2.15. The van der Waals surface area contributed by atoms with Gasteiger partial charge in [-0.1, -0.05) is 20.8 Å². The van der Waals surface area contributed by atoms with Gasteiger partial charge >= 0.3 is 6.18 Å². The Bertz CT molecular complexity index is 499. The molecular weight excluding hydrogens is 281 g/mol. The molecule has 2 rings (SSSR count). The van der Waals surface area contributed by atoms with Crippen LogP contribution in [0.15, 0.2) is 6.07 Å². The fourth-order valence-electron chi connectivity index (χ4n) is 2.15. The molecule has 21 heavy (non-hydrogen) atoms. The largest absolute Gasteiger partial charge is 0.433 e. The third-order valence-corrected chi connectivity index (χ3v) is 3.80. The first-order valence-corrected chi connectivity index (χ1v) is 7.16. The Balaban J connectivity index is 2.11. The molecule has 0 saturated heterocycles. The maximum absolute atomic E-state index is 12.9. The van der Waals surface area contributed by atoms with Gasteiger partial charge in [-0.25, -0.2) is 4.98 Å². The van der Waals surface area contributed by atoms with Crippen LogP contribution in [0.5, 0.6) is 0 Å². The summed E-state index contributed by atoms with van der Waals surface area (Å²) in [6.45, 7) is 7.39. The number of halogens is 3. The summed E-state index contributed by atoms with van der Waals surface area (Å²) in [6.07, 6.45) is -2.60. The van der Waals surface area contributed by atoms with Crippen LogP contribution in [0, 0.1) is 11.3 Å². The SMILES string of the molecule is CCCNc1nc(NCC2CC2(C)C)cc(C(F)(F)F)n1. The zero-order valence-electron chi connectivity index (χ0n) is 12.5. The first-order valence-electron chi connectivity index (χ1n) is 7.16. The molecule has 1 unspecified atom stereocenters. The molecule has 1 heterocycles. The smallest absolute Gasteiger partial charge is 0.370 e. The molecule has 7 heteroatoms. The van der Waals surface area contributed by atoms with Crippen LogP contribution in [0.2, 0.25) is 0 Å². The second-order valence-corrected chi connectivity index (χ2v) is 6.16. The fraction of sp³-hybridized carbons (Fsp3) is 0.714. The highest BCUT2D eigenvalue weighted by atomic mass is 19.4. The predicted molar refractivity (Wildman–Crippen MR) is 76.2 cm³/mol. The summed E-state index contributed by atoms with van der Waals surface area (Å²) >= 11 is 0. The summed E-state index contributed by atoms with van der Waals surface area (Å²) < 4.78 is 38.6. The van der Waals surface area contributed by atoms with Crippen LogP contribution in [0.3, 0.4) is 0 Å². The molecular formula is C14H21F3N4. The standard InChI is InChI=1S/C14H21F3N4/c1-4-5-18-12-20-10(14(15,16)17)6-11(21-12)19-8-9-7-13(9,2)3/h6,9H,4-5,7-8H2,1-3H3,(H2,18,19,20,21). The van der Waals surface area contributed by atoms with Gasteiger partial charge in [-0.05, 0) is 24.2 Å². The minimum atomic E-state index is -4.47. The van der Waals surface area contributed by atoms with Crippen LogP contribution in [0.4, 0.5) is 24.9 Å². The first-order chi connectivity index (χ1) is 9.72. The van der Waals surface area contributed by atoms with Gasteiger partial charge in [-0.2, -0.15) is 18.2 Å². The van der Waals surface area contributed by atoms with Gasteiger partial charge in [-0.15, -0.1) is 0 Å². The van der Waals surface area contributed by atoms with Crippen LogP contribution in [-0.2, 0) is 6.18 Å². The molecule has 1 atom stereocenters. The van der Waals surface area contributed by atoms with Crippen molar-refractivity contribution < 1.29 is 13.2 Å². The monoisotopic (exact) mass is 302 g/mol. The Morgan fingerprint density at radius 1 is 1.29 bits per heavy atom. The van der Waals surface area contributed by atoms with Gasteiger partial charge < -0.3 is 10.6 Å². The highest BCUT2D eigenvalue weighted by Crippen LogP contribution is 2.51. The van der Waals surface area contributed by atoms with Crippen molar-refractivity contribution >= 4 is 11.8 Å². The molecule has 0 radical (unpaired) electrons. The van der Waals surface area contributed by atoms with Gasteiger partial charge in [0, 0.05) is 19.2 Å². The van der Waals surface area contributed by atoms with Crippen LogP contribution in [0.25, 0.3) is 0 Å². The van der Waals surface area contributed by atoms with E-state index in [4.69, 9.17) is 0 Å². The Kier molecular flexibility index (Phi) is 4.30. The third-order valence-electron chi connectivity index (χ3n) is 3.80. The highest BCUT2D eigenvalue weighted by molar-refractivity contribution is 5.43. The first kappa shape index (κ1) is 15.9. The molecule has 1 aromatic rings. The summed E-state index contributed by atoms with van der Waals surface area (Å²) in [5.41, 5.74) is -0.649. The Morgan fingerprint density at radius 2 is 1.95 bits per heavy atom. The van der Waals surface area contributed by atoms with Crippen molar-refractivity contribution in [1.82, 2.24) is 9.97 Å². The van der Waals surface area contributed by atoms with Gasteiger partial charge in [0.2, 0.25) is 5.95 Å². The average molecular weight is 302 g/mol. The molecule has 1 saturated carbocycles. The summed E-state index contributed by atoms with van der Waals surface area (Å²) in [6, 6.07) is 0.965. The van der Waals surface area contributed by atoms with Gasteiger partial charge in [0.1, 0.15) is 5.82 Å². The van der Waals surface area contributed by atoms with Crippen molar-refractivity contribution in [1.29, 1.82) is 0 Å². The van der Waals surface area contributed by atoms with Gasteiger partial charge in [0.15, 0.2) is 5.69 Å². The van der Waals surface area contributed by atoms with E-state index in [2.05, 4.69) is 34.4 Å². The minimum Gasteiger partial charge on any atom is -0.370 e. The minimum absolute atomic E-state index is 0.0178. The quantitative estimate of drug-likeness (QED) is 0.839. The average Bonchev–Trinajstić information content (AvgIpc) is 3.00. The molecule has 0 bridgehead atoms. The lowest BCUT2D eigenvalue weighted by atomic mass is 10.1. The maximum atomic E-state index is 12.9.